The molecule has 0 radical (unpaired) electrons. The highest BCUT2D eigenvalue weighted by molar-refractivity contribution is 5.73. The van der Waals surface area contributed by atoms with Gasteiger partial charge in [-0.25, -0.2) is 0 Å². The summed E-state index contributed by atoms with van der Waals surface area (Å²) in [5.74, 6) is 0.645. The summed E-state index contributed by atoms with van der Waals surface area (Å²) in [5, 5.41) is 0. The second kappa shape index (κ2) is 15.3. The first-order chi connectivity index (χ1) is 10.3. The second-order valence-corrected chi connectivity index (χ2v) is 5.75. The molecule has 1 heteroatoms. The van der Waals surface area contributed by atoms with Gasteiger partial charge >= 0.3 is 0 Å². The van der Waals surface area contributed by atoms with Crippen molar-refractivity contribution in [3.05, 3.63) is 37.1 Å². The Morgan fingerprint density at radius 2 is 1.48 bits per heavy atom. The summed E-state index contributed by atoms with van der Waals surface area (Å²) in [6, 6.07) is 0. The highest BCUT2D eigenvalue weighted by Gasteiger charge is 2.11. The molecule has 0 aliphatic carbocycles. The summed E-state index contributed by atoms with van der Waals surface area (Å²) in [7, 11) is 0. The fraction of sp³-hybridized carbons (Fsp3) is 0.650. The third-order valence-electron chi connectivity index (χ3n) is 3.98. The lowest BCUT2D eigenvalue weighted by atomic mass is 9.87. The zero-order valence-electron chi connectivity index (χ0n) is 14.3. The number of hydrogen-bond donors (Lipinski definition) is 0. The Hall–Kier alpha value is -1.11. The minimum atomic E-state index is 0.645. The maximum atomic E-state index is 4.07. The number of unbranched alkanes of at least 4 members (excludes halogenated alkanes) is 6. The third-order valence-corrected chi connectivity index (χ3v) is 3.98. The van der Waals surface area contributed by atoms with E-state index >= 15 is 0 Å². The Morgan fingerprint density at radius 3 is 2.05 bits per heavy atom. The molecule has 0 aromatic rings. The van der Waals surface area contributed by atoms with Crippen LogP contribution in [0.2, 0.25) is 0 Å². The predicted molar refractivity (Wildman–Crippen MR) is 98.0 cm³/mol. The van der Waals surface area contributed by atoms with Crippen molar-refractivity contribution in [1.82, 2.24) is 0 Å². The minimum absolute atomic E-state index is 0.645. The van der Waals surface area contributed by atoms with Gasteiger partial charge in [0.15, 0.2) is 0 Å². The van der Waals surface area contributed by atoms with Crippen LogP contribution in [-0.4, -0.2) is 6.21 Å². The average Bonchev–Trinajstić information content (AvgIpc) is 2.50. The summed E-state index contributed by atoms with van der Waals surface area (Å²) in [5.41, 5.74) is 1.34. The zero-order chi connectivity index (χ0) is 15.8. The van der Waals surface area contributed by atoms with Gasteiger partial charge < -0.3 is 0 Å². The molecule has 0 aromatic heterocycles. The lowest BCUT2D eigenvalue weighted by Gasteiger charge is -2.18. The summed E-state index contributed by atoms with van der Waals surface area (Å²) in [6.07, 6.45) is 20.8. The molecule has 0 saturated carbocycles. The van der Waals surface area contributed by atoms with Gasteiger partial charge in [0.2, 0.25) is 0 Å². The van der Waals surface area contributed by atoms with Crippen molar-refractivity contribution >= 4 is 6.21 Å². The molecule has 0 heterocycles. The van der Waals surface area contributed by atoms with Gasteiger partial charge in [-0.15, -0.1) is 0 Å². The summed E-state index contributed by atoms with van der Waals surface area (Å²) < 4.78 is 0. The number of nitrogens with zero attached hydrogens (tertiary/aromatic N) is 1. The van der Waals surface area contributed by atoms with Crippen LogP contribution in [0.5, 0.6) is 0 Å². The Bertz CT molecular complexity index is 312. The fourth-order valence-corrected chi connectivity index (χ4v) is 2.67. The standard InChI is InChI=1S/C20H35N/c1-5-9-11-12-14-16-20(15-13-10-6-2)19(7-3)17-18-21-8-4/h7-8,17-18,20H,3-6,9-16H2,1-2H3/b19-17+,21-18-. The SMILES string of the molecule is C=C/N=C\C=C(/C=C)C(CCCCC)CCCCCCC. The predicted octanol–water partition coefficient (Wildman–Crippen LogP) is 6.87. The minimum Gasteiger partial charge on any atom is -0.265 e. The van der Waals surface area contributed by atoms with E-state index < -0.39 is 0 Å². The van der Waals surface area contributed by atoms with Gasteiger partial charge in [0, 0.05) is 12.4 Å². The molecular weight excluding hydrogens is 254 g/mol. The maximum Gasteiger partial charge on any atom is 0.0270 e. The summed E-state index contributed by atoms with van der Waals surface area (Å²) in [6.45, 7) is 12.1. The van der Waals surface area contributed by atoms with Gasteiger partial charge in [-0.3, -0.25) is 4.99 Å². The van der Waals surface area contributed by atoms with E-state index in [1.54, 1.807) is 6.20 Å². The van der Waals surface area contributed by atoms with Crippen molar-refractivity contribution in [2.24, 2.45) is 10.9 Å². The molecule has 0 aliphatic rings. The third kappa shape index (κ3) is 11.2. The van der Waals surface area contributed by atoms with Crippen LogP contribution in [0, 0.1) is 5.92 Å². The van der Waals surface area contributed by atoms with Gasteiger partial charge in [-0.05, 0) is 30.4 Å². The van der Waals surface area contributed by atoms with Gasteiger partial charge in [0.05, 0.1) is 0 Å². The Kier molecular flexibility index (Phi) is 14.5. The normalized spacial score (nSPS) is 13.5. The molecule has 1 atom stereocenters. The molecule has 0 aromatic carbocycles. The van der Waals surface area contributed by atoms with E-state index in [-0.39, 0.29) is 0 Å². The molecule has 0 saturated heterocycles. The number of hydrogen-bond acceptors (Lipinski definition) is 1. The smallest absolute Gasteiger partial charge is 0.0270 e. The zero-order valence-corrected chi connectivity index (χ0v) is 14.3. The number of aliphatic imine (C=N–C) groups is 1. The van der Waals surface area contributed by atoms with Crippen LogP contribution < -0.4 is 0 Å². The Balaban J connectivity index is 4.45. The molecule has 0 fully saturated rings. The first kappa shape index (κ1) is 19.9. The largest absolute Gasteiger partial charge is 0.265 e. The van der Waals surface area contributed by atoms with Crippen LogP contribution in [-0.2, 0) is 0 Å². The van der Waals surface area contributed by atoms with Crippen molar-refractivity contribution in [3.63, 3.8) is 0 Å². The number of allylic oxidation sites excluding steroid dienone is 3. The Labute approximate surface area is 132 Å². The van der Waals surface area contributed by atoms with Crippen LogP contribution in [0.25, 0.3) is 0 Å². The Morgan fingerprint density at radius 1 is 0.905 bits per heavy atom. The number of rotatable bonds is 14. The van der Waals surface area contributed by atoms with Crippen molar-refractivity contribution in [1.29, 1.82) is 0 Å². The first-order valence-corrected chi connectivity index (χ1v) is 8.76. The fourth-order valence-electron chi connectivity index (χ4n) is 2.67. The lowest BCUT2D eigenvalue weighted by Crippen LogP contribution is -2.04. The van der Waals surface area contributed by atoms with Crippen LogP contribution >= 0.6 is 0 Å². The molecule has 0 aliphatic heterocycles. The average molecular weight is 290 g/mol. The molecule has 1 unspecified atom stereocenters. The van der Waals surface area contributed by atoms with Crippen molar-refractivity contribution in [3.8, 4) is 0 Å². The van der Waals surface area contributed by atoms with Crippen LogP contribution in [0.1, 0.15) is 78.1 Å². The van der Waals surface area contributed by atoms with E-state index in [4.69, 9.17) is 0 Å². The molecule has 0 N–H and O–H groups in total. The molecule has 0 amide bonds. The monoisotopic (exact) mass is 289 g/mol. The molecule has 0 spiro atoms. The van der Waals surface area contributed by atoms with Gasteiger partial charge in [0.1, 0.15) is 0 Å². The van der Waals surface area contributed by atoms with Gasteiger partial charge in [-0.1, -0.05) is 84.4 Å². The lowest BCUT2D eigenvalue weighted by molar-refractivity contribution is 0.462. The van der Waals surface area contributed by atoms with Gasteiger partial charge in [0.25, 0.3) is 0 Å². The van der Waals surface area contributed by atoms with E-state index in [0.717, 1.165) is 0 Å². The van der Waals surface area contributed by atoms with E-state index in [1.165, 1.54) is 69.8 Å². The quantitative estimate of drug-likeness (QED) is 0.188. The molecule has 120 valence electrons. The van der Waals surface area contributed by atoms with Crippen molar-refractivity contribution in [2.75, 3.05) is 0 Å². The highest BCUT2D eigenvalue weighted by Crippen LogP contribution is 2.25. The summed E-state index contributed by atoms with van der Waals surface area (Å²) in [4.78, 5) is 4.07. The van der Waals surface area contributed by atoms with Crippen molar-refractivity contribution in [2.45, 2.75) is 78.1 Å². The second-order valence-electron chi connectivity index (χ2n) is 5.75. The first-order valence-electron chi connectivity index (χ1n) is 8.76. The maximum absolute atomic E-state index is 4.07. The van der Waals surface area contributed by atoms with E-state index in [9.17, 15) is 0 Å². The molecule has 21 heavy (non-hydrogen) atoms. The van der Waals surface area contributed by atoms with Crippen LogP contribution in [0.4, 0.5) is 0 Å². The van der Waals surface area contributed by atoms with E-state index in [0.29, 0.717) is 5.92 Å². The molecular formula is C20H35N. The summed E-state index contributed by atoms with van der Waals surface area (Å²) >= 11 is 0. The molecule has 1 nitrogen and oxygen atoms in total. The molecule has 0 rings (SSSR count). The topological polar surface area (TPSA) is 12.4 Å². The van der Waals surface area contributed by atoms with E-state index in [1.807, 2.05) is 12.3 Å². The molecule has 0 bridgehead atoms. The van der Waals surface area contributed by atoms with Gasteiger partial charge in [-0.2, -0.15) is 0 Å². The van der Waals surface area contributed by atoms with E-state index in [2.05, 4.69) is 38.1 Å². The highest BCUT2D eigenvalue weighted by atomic mass is 14.6. The van der Waals surface area contributed by atoms with Crippen molar-refractivity contribution < 1.29 is 0 Å². The van der Waals surface area contributed by atoms with Crippen LogP contribution in [0.3, 0.4) is 0 Å². The van der Waals surface area contributed by atoms with Crippen LogP contribution in [0.15, 0.2) is 42.1 Å².